The summed E-state index contributed by atoms with van der Waals surface area (Å²) in [5.41, 5.74) is 0. The minimum Gasteiger partial charge on any atom is -0.472 e. The molecule has 0 bridgehead atoms. The number of terminal acetylenes is 1. The Bertz CT molecular complexity index is 1410. The van der Waals surface area contributed by atoms with Gasteiger partial charge in [-0.25, -0.2) is 4.79 Å². The Morgan fingerprint density at radius 3 is 1.62 bits per heavy atom. The van der Waals surface area contributed by atoms with E-state index < -0.39 is 54.8 Å². The van der Waals surface area contributed by atoms with Gasteiger partial charge in [0.1, 0.15) is 30.5 Å². The molecular weight excluding hydrogens is 741 g/mol. The molecule has 58 heavy (non-hydrogen) atoms. The topological polar surface area (TPSA) is 216 Å². The number of carbonyl (C=O) groups is 2. The molecule has 0 aromatic carbocycles. The van der Waals surface area contributed by atoms with Crippen LogP contribution in [0.2, 0.25) is 0 Å². The molecule has 0 radical (unpaired) electrons. The number of carbonyl (C=O) groups excluding carboxylic acids is 1. The number of aliphatic hydroxyl groups excluding tert-OH is 8. The van der Waals surface area contributed by atoms with Gasteiger partial charge in [-0.05, 0) is 63.9 Å². The lowest BCUT2D eigenvalue weighted by Gasteiger charge is -2.12. The van der Waals surface area contributed by atoms with Gasteiger partial charge in [0.05, 0.1) is 12.2 Å². The van der Waals surface area contributed by atoms with E-state index in [0.717, 1.165) is 64.2 Å². The van der Waals surface area contributed by atoms with E-state index in [9.17, 15) is 50.4 Å². The average molecular weight is 811 g/mol. The molecule has 0 aliphatic rings. The highest BCUT2D eigenvalue weighted by atomic mass is 16.4. The van der Waals surface area contributed by atoms with Gasteiger partial charge < -0.3 is 46.0 Å². The fourth-order valence-corrected chi connectivity index (χ4v) is 5.75. The van der Waals surface area contributed by atoms with Crippen LogP contribution in [0.25, 0.3) is 0 Å². The minimum absolute atomic E-state index is 0.0838. The summed E-state index contributed by atoms with van der Waals surface area (Å²) in [7, 11) is 0. The molecule has 8 unspecified atom stereocenters. The third kappa shape index (κ3) is 35.4. The number of Topliss-reactive ketones (excluding diaryl/α,β-unsaturated/α-hetero) is 1. The maximum absolute atomic E-state index is 12.3. The van der Waals surface area contributed by atoms with Crippen molar-refractivity contribution in [3.05, 3.63) is 36.5 Å². The number of aliphatic hydroxyl groups is 8. The molecule has 0 spiro atoms. The van der Waals surface area contributed by atoms with E-state index in [1.54, 1.807) is 12.2 Å². The number of allylic oxidation sites excluding steroid dienone is 2. The lowest BCUT2D eigenvalue weighted by atomic mass is 10.0. The van der Waals surface area contributed by atoms with Gasteiger partial charge in [0.15, 0.2) is 11.9 Å². The van der Waals surface area contributed by atoms with E-state index in [1.807, 2.05) is 18.1 Å². The maximum atomic E-state index is 12.3. The highest BCUT2D eigenvalue weighted by molar-refractivity contribution is 5.86. The number of unbranched alkanes of at least 4 members (excludes halogenated alkanes) is 14. The van der Waals surface area contributed by atoms with Crippen LogP contribution in [0, 0.1) is 47.9 Å². The highest BCUT2D eigenvalue weighted by Crippen LogP contribution is 2.15. The number of hydrogen-bond acceptors (Lipinski definition) is 10. The van der Waals surface area contributed by atoms with Gasteiger partial charge in [0, 0.05) is 18.8 Å². The van der Waals surface area contributed by atoms with Gasteiger partial charge in [-0.2, -0.15) is 0 Å². The van der Waals surface area contributed by atoms with E-state index in [4.69, 9.17) is 11.5 Å². The molecule has 9 N–H and O–H groups in total. The molecule has 0 aromatic rings. The second kappa shape index (κ2) is 37.5. The molecule has 324 valence electrons. The standard InChI is InChI=1S/C47H70O11/c1-2-38(48)30-31-40(50)25-22-23-26-41(51)33-35-42(52)34-32-39(49)24-18-14-12-13-17-20-28-44(54)43(53)27-19-15-10-8-6-4-3-5-7-9-11-16-21-29-45(55)46(56)36-37-47(57)58/h1,12-13,22-23,30-31,38-42,44-46,48-52,54-56H,3-11,14-21,24-29H2,(H,57,58)/b13-12-,23-22+,31-30+. The van der Waals surface area contributed by atoms with Crippen LogP contribution in [0.15, 0.2) is 36.5 Å². The molecule has 0 saturated heterocycles. The lowest BCUT2D eigenvalue weighted by Crippen LogP contribution is -2.24. The van der Waals surface area contributed by atoms with Crippen molar-refractivity contribution < 1.29 is 55.5 Å². The molecule has 0 saturated carbocycles. The summed E-state index contributed by atoms with van der Waals surface area (Å²) in [5.74, 6) is 14.6. The Labute approximate surface area is 347 Å². The number of aliphatic carboxylic acids is 1. The summed E-state index contributed by atoms with van der Waals surface area (Å²) in [4.78, 5) is 22.7. The predicted octanol–water partition coefficient (Wildman–Crippen LogP) is 4.81. The van der Waals surface area contributed by atoms with E-state index >= 15 is 0 Å². The van der Waals surface area contributed by atoms with Crippen molar-refractivity contribution in [3.8, 4) is 47.9 Å². The molecule has 0 aromatic heterocycles. The van der Waals surface area contributed by atoms with Crippen molar-refractivity contribution in [1.82, 2.24) is 0 Å². The van der Waals surface area contributed by atoms with Crippen LogP contribution in [-0.4, -0.2) is 107 Å². The molecule has 0 rings (SSSR count). The Morgan fingerprint density at radius 1 is 0.534 bits per heavy atom. The fraction of sp³-hybridized carbons (Fsp3) is 0.660. The van der Waals surface area contributed by atoms with Crippen molar-refractivity contribution in [1.29, 1.82) is 0 Å². The van der Waals surface area contributed by atoms with Gasteiger partial charge in [0.25, 0.3) is 0 Å². The fourth-order valence-electron chi connectivity index (χ4n) is 5.75. The summed E-state index contributed by atoms with van der Waals surface area (Å²) in [5, 5.41) is 87.0. The van der Waals surface area contributed by atoms with Crippen LogP contribution >= 0.6 is 0 Å². The molecule has 0 aliphatic heterocycles. The van der Waals surface area contributed by atoms with Gasteiger partial charge in [-0.1, -0.05) is 143 Å². The number of rotatable bonds is 32. The number of carboxylic acids is 1. The zero-order valence-corrected chi connectivity index (χ0v) is 34.3. The van der Waals surface area contributed by atoms with Crippen LogP contribution in [0.5, 0.6) is 0 Å². The second-order valence-corrected chi connectivity index (χ2v) is 14.6. The SMILES string of the molecule is C#CC(O)/C=C/C(O)C/C=C/CC(O)C#CC(O)C#CC(O)CCC/C=C\CCCC(O)C(=O)CCCCCCCCCCCCCCCC(O)C(O)C#CC(=O)O. The normalized spacial score (nSPS) is 15.5. The smallest absolute Gasteiger partial charge is 0.381 e. The summed E-state index contributed by atoms with van der Waals surface area (Å²) in [6.07, 6.45) is 25.6. The average Bonchev–Trinajstić information content (AvgIpc) is 3.20. The van der Waals surface area contributed by atoms with Crippen LogP contribution in [0.1, 0.15) is 148 Å². The van der Waals surface area contributed by atoms with E-state index in [2.05, 4.69) is 35.5 Å². The first kappa shape index (κ1) is 54.3. The first-order valence-corrected chi connectivity index (χ1v) is 21.0. The molecular formula is C47H70O11. The molecule has 0 fully saturated rings. The van der Waals surface area contributed by atoms with Gasteiger partial charge in [-0.15, -0.1) is 6.42 Å². The Hall–Kier alpha value is -3.72. The first-order chi connectivity index (χ1) is 27.8. The van der Waals surface area contributed by atoms with E-state index in [1.165, 1.54) is 44.3 Å². The molecule has 0 heterocycles. The summed E-state index contributed by atoms with van der Waals surface area (Å²) >= 11 is 0. The van der Waals surface area contributed by atoms with Crippen LogP contribution in [0.3, 0.4) is 0 Å². The molecule has 8 atom stereocenters. The molecule has 0 amide bonds. The number of hydrogen-bond donors (Lipinski definition) is 9. The second-order valence-electron chi connectivity index (χ2n) is 14.6. The first-order valence-electron chi connectivity index (χ1n) is 21.0. The van der Waals surface area contributed by atoms with E-state index in [-0.39, 0.29) is 18.6 Å². The highest BCUT2D eigenvalue weighted by Gasteiger charge is 2.14. The third-order valence-electron chi connectivity index (χ3n) is 9.21. The predicted molar refractivity (Wildman–Crippen MR) is 226 cm³/mol. The van der Waals surface area contributed by atoms with Crippen LogP contribution in [-0.2, 0) is 9.59 Å². The van der Waals surface area contributed by atoms with Crippen molar-refractivity contribution in [2.24, 2.45) is 0 Å². The third-order valence-corrected chi connectivity index (χ3v) is 9.21. The Morgan fingerprint density at radius 2 is 1.05 bits per heavy atom. The minimum atomic E-state index is -1.33. The molecule has 11 nitrogen and oxygen atoms in total. The zero-order valence-electron chi connectivity index (χ0n) is 34.3. The van der Waals surface area contributed by atoms with Gasteiger partial charge in [-0.3, -0.25) is 4.79 Å². The van der Waals surface area contributed by atoms with Gasteiger partial charge in [0.2, 0.25) is 0 Å². The summed E-state index contributed by atoms with van der Waals surface area (Å²) < 4.78 is 0. The summed E-state index contributed by atoms with van der Waals surface area (Å²) in [6.45, 7) is 0. The summed E-state index contributed by atoms with van der Waals surface area (Å²) in [6, 6.07) is 0. The van der Waals surface area contributed by atoms with Crippen molar-refractivity contribution in [2.45, 2.75) is 197 Å². The molecule has 0 aliphatic carbocycles. The number of ketones is 1. The van der Waals surface area contributed by atoms with Crippen molar-refractivity contribution >= 4 is 11.8 Å². The zero-order chi connectivity index (χ0) is 43.2. The number of carboxylic acid groups (broad SMARTS) is 1. The Balaban J connectivity index is 3.81. The lowest BCUT2D eigenvalue weighted by molar-refractivity contribution is -0.130. The van der Waals surface area contributed by atoms with Crippen LogP contribution < -0.4 is 0 Å². The monoisotopic (exact) mass is 810 g/mol. The van der Waals surface area contributed by atoms with Crippen molar-refractivity contribution in [2.75, 3.05) is 0 Å². The van der Waals surface area contributed by atoms with Crippen LogP contribution in [0.4, 0.5) is 0 Å². The largest absolute Gasteiger partial charge is 0.472 e. The van der Waals surface area contributed by atoms with Crippen molar-refractivity contribution in [3.63, 3.8) is 0 Å². The quantitative estimate of drug-likeness (QED) is 0.0255. The van der Waals surface area contributed by atoms with E-state index in [0.29, 0.717) is 38.5 Å². The molecule has 11 heteroatoms. The Kier molecular flexibility index (Phi) is 35.1. The maximum Gasteiger partial charge on any atom is 0.381 e. The van der Waals surface area contributed by atoms with Gasteiger partial charge >= 0.3 is 5.97 Å².